The van der Waals surface area contributed by atoms with Crippen molar-refractivity contribution < 1.29 is 0 Å². The molecule has 104 valence electrons. The minimum atomic E-state index is 0.762. The summed E-state index contributed by atoms with van der Waals surface area (Å²) in [5.41, 5.74) is 5.18. The molecule has 1 aliphatic carbocycles. The number of benzene rings is 2. The van der Waals surface area contributed by atoms with Gasteiger partial charge in [0.15, 0.2) is 0 Å². The van der Waals surface area contributed by atoms with Crippen LogP contribution in [0.2, 0.25) is 0 Å². The van der Waals surface area contributed by atoms with E-state index in [0.29, 0.717) is 0 Å². The Balaban J connectivity index is 1.76. The first-order valence-corrected chi connectivity index (χ1v) is 7.32. The maximum Gasteiger partial charge on any atom is 0.0361 e. The molecule has 2 aromatic carbocycles. The van der Waals surface area contributed by atoms with Crippen molar-refractivity contribution in [3.05, 3.63) is 54.1 Å². The molecule has 0 radical (unpaired) electrons. The van der Waals surface area contributed by atoms with E-state index in [9.17, 15) is 0 Å². The van der Waals surface area contributed by atoms with Gasteiger partial charge < -0.3 is 10.2 Å². The maximum absolute atomic E-state index is 3.57. The molecule has 1 N–H and O–H groups in total. The van der Waals surface area contributed by atoms with Gasteiger partial charge in [-0.1, -0.05) is 30.3 Å². The second kappa shape index (κ2) is 5.68. The lowest BCUT2D eigenvalue weighted by molar-refractivity contribution is 0.688. The SMILES string of the molecule is CN(C)c1ccc(-c2cccc(CNC3CC3)c2)cc1. The Kier molecular flexibility index (Phi) is 3.75. The number of nitrogens with zero attached hydrogens (tertiary/aromatic N) is 1. The Hall–Kier alpha value is -1.80. The van der Waals surface area contributed by atoms with Crippen molar-refractivity contribution in [2.24, 2.45) is 0 Å². The van der Waals surface area contributed by atoms with E-state index in [-0.39, 0.29) is 0 Å². The van der Waals surface area contributed by atoms with Gasteiger partial charge in [-0.3, -0.25) is 0 Å². The lowest BCUT2D eigenvalue weighted by Crippen LogP contribution is -2.15. The molecule has 0 heterocycles. The van der Waals surface area contributed by atoms with Crippen molar-refractivity contribution in [1.82, 2.24) is 5.32 Å². The molecule has 3 rings (SSSR count). The average molecular weight is 266 g/mol. The topological polar surface area (TPSA) is 15.3 Å². The lowest BCUT2D eigenvalue weighted by atomic mass is 10.0. The van der Waals surface area contributed by atoms with Crippen LogP contribution in [-0.4, -0.2) is 20.1 Å². The number of anilines is 1. The van der Waals surface area contributed by atoms with E-state index in [1.807, 2.05) is 0 Å². The van der Waals surface area contributed by atoms with Crippen LogP contribution in [0.25, 0.3) is 11.1 Å². The second-order valence-electron chi connectivity index (χ2n) is 5.80. The van der Waals surface area contributed by atoms with Crippen LogP contribution in [0, 0.1) is 0 Å². The monoisotopic (exact) mass is 266 g/mol. The molecule has 0 atom stereocenters. The van der Waals surface area contributed by atoms with Crippen LogP contribution in [0.15, 0.2) is 48.5 Å². The van der Waals surface area contributed by atoms with E-state index >= 15 is 0 Å². The van der Waals surface area contributed by atoms with Gasteiger partial charge in [-0.2, -0.15) is 0 Å². The summed E-state index contributed by atoms with van der Waals surface area (Å²) in [4.78, 5) is 2.12. The third kappa shape index (κ3) is 3.20. The summed E-state index contributed by atoms with van der Waals surface area (Å²) >= 11 is 0. The van der Waals surface area contributed by atoms with Crippen LogP contribution in [0.5, 0.6) is 0 Å². The number of nitrogens with one attached hydrogen (secondary N) is 1. The highest BCUT2D eigenvalue weighted by Crippen LogP contribution is 2.24. The Bertz CT molecular complexity index is 568. The molecular weight excluding hydrogens is 244 g/mol. The van der Waals surface area contributed by atoms with E-state index in [0.717, 1.165) is 12.6 Å². The highest BCUT2D eigenvalue weighted by molar-refractivity contribution is 5.66. The fourth-order valence-corrected chi connectivity index (χ4v) is 2.36. The summed E-state index contributed by atoms with van der Waals surface area (Å²) in [5.74, 6) is 0. The highest BCUT2D eigenvalue weighted by atomic mass is 15.1. The minimum absolute atomic E-state index is 0.762. The van der Waals surface area contributed by atoms with Crippen molar-refractivity contribution in [1.29, 1.82) is 0 Å². The second-order valence-corrected chi connectivity index (χ2v) is 5.80. The molecule has 2 heteroatoms. The standard InChI is InChI=1S/C18H22N2/c1-20(2)18-10-6-15(7-11-18)16-5-3-4-14(12-16)13-19-17-8-9-17/h3-7,10-12,17,19H,8-9,13H2,1-2H3. The van der Waals surface area contributed by atoms with Gasteiger partial charge in [-0.05, 0) is 47.7 Å². The zero-order valence-electron chi connectivity index (χ0n) is 12.3. The van der Waals surface area contributed by atoms with E-state index in [4.69, 9.17) is 0 Å². The zero-order valence-corrected chi connectivity index (χ0v) is 12.3. The predicted octanol–water partition coefficient (Wildman–Crippen LogP) is 3.67. The fourth-order valence-electron chi connectivity index (χ4n) is 2.36. The van der Waals surface area contributed by atoms with Crippen LogP contribution in [0.4, 0.5) is 5.69 Å². The van der Waals surface area contributed by atoms with Gasteiger partial charge in [-0.25, -0.2) is 0 Å². The molecule has 0 aliphatic heterocycles. The Morgan fingerprint density at radius 3 is 2.40 bits per heavy atom. The molecule has 0 saturated heterocycles. The van der Waals surface area contributed by atoms with E-state index < -0.39 is 0 Å². The summed E-state index contributed by atoms with van der Waals surface area (Å²) in [5, 5.41) is 3.57. The Labute approximate surface area is 121 Å². The third-order valence-corrected chi connectivity index (χ3v) is 3.82. The van der Waals surface area contributed by atoms with Crippen LogP contribution >= 0.6 is 0 Å². The van der Waals surface area contributed by atoms with Crippen LogP contribution in [0.3, 0.4) is 0 Å². The molecule has 2 nitrogen and oxygen atoms in total. The van der Waals surface area contributed by atoms with Gasteiger partial charge in [0.1, 0.15) is 0 Å². The van der Waals surface area contributed by atoms with Gasteiger partial charge in [0.2, 0.25) is 0 Å². The summed E-state index contributed by atoms with van der Waals surface area (Å²) < 4.78 is 0. The van der Waals surface area contributed by atoms with Crippen LogP contribution in [-0.2, 0) is 6.54 Å². The van der Waals surface area contributed by atoms with Gasteiger partial charge in [0.25, 0.3) is 0 Å². The first kappa shape index (κ1) is 13.2. The van der Waals surface area contributed by atoms with Gasteiger partial charge in [0.05, 0.1) is 0 Å². The summed E-state index contributed by atoms with van der Waals surface area (Å²) in [6, 6.07) is 18.3. The molecule has 0 unspecified atom stereocenters. The summed E-state index contributed by atoms with van der Waals surface area (Å²) in [6.07, 6.45) is 2.68. The lowest BCUT2D eigenvalue weighted by Gasteiger charge is -2.13. The molecule has 0 amide bonds. The first-order chi connectivity index (χ1) is 9.72. The molecule has 1 fully saturated rings. The molecule has 0 bridgehead atoms. The molecule has 20 heavy (non-hydrogen) atoms. The molecule has 1 saturated carbocycles. The number of hydrogen-bond donors (Lipinski definition) is 1. The Morgan fingerprint density at radius 1 is 1.00 bits per heavy atom. The van der Waals surface area contributed by atoms with E-state index in [1.54, 1.807) is 0 Å². The Morgan fingerprint density at radius 2 is 1.75 bits per heavy atom. The highest BCUT2D eigenvalue weighted by Gasteiger charge is 2.19. The number of hydrogen-bond acceptors (Lipinski definition) is 2. The third-order valence-electron chi connectivity index (χ3n) is 3.82. The fraction of sp³-hybridized carbons (Fsp3) is 0.333. The molecule has 0 spiro atoms. The minimum Gasteiger partial charge on any atom is -0.378 e. The van der Waals surface area contributed by atoms with Crippen molar-refractivity contribution in [3.63, 3.8) is 0 Å². The smallest absolute Gasteiger partial charge is 0.0361 e. The predicted molar refractivity (Wildman–Crippen MR) is 86.1 cm³/mol. The van der Waals surface area contributed by atoms with Crippen molar-refractivity contribution >= 4 is 5.69 Å². The first-order valence-electron chi connectivity index (χ1n) is 7.32. The average Bonchev–Trinajstić information content (AvgIpc) is 3.30. The van der Waals surface area contributed by atoms with Crippen LogP contribution in [0.1, 0.15) is 18.4 Å². The van der Waals surface area contributed by atoms with Crippen molar-refractivity contribution in [3.8, 4) is 11.1 Å². The largest absolute Gasteiger partial charge is 0.378 e. The van der Waals surface area contributed by atoms with Gasteiger partial charge >= 0.3 is 0 Å². The zero-order chi connectivity index (χ0) is 13.9. The molecular formula is C18H22N2. The van der Waals surface area contributed by atoms with Crippen LogP contribution < -0.4 is 10.2 Å². The number of rotatable bonds is 5. The normalized spacial score (nSPS) is 14.3. The molecule has 1 aliphatic rings. The van der Waals surface area contributed by atoms with E-state index in [2.05, 4.69) is 72.8 Å². The molecule has 0 aromatic heterocycles. The molecule has 2 aromatic rings. The maximum atomic E-state index is 3.57. The van der Waals surface area contributed by atoms with E-state index in [1.165, 1.54) is 35.2 Å². The quantitative estimate of drug-likeness (QED) is 0.888. The van der Waals surface area contributed by atoms with Gasteiger partial charge in [0, 0.05) is 32.4 Å². The summed E-state index contributed by atoms with van der Waals surface area (Å²) in [6.45, 7) is 0.980. The van der Waals surface area contributed by atoms with Crippen molar-refractivity contribution in [2.45, 2.75) is 25.4 Å². The summed E-state index contributed by atoms with van der Waals surface area (Å²) in [7, 11) is 4.14. The van der Waals surface area contributed by atoms with Gasteiger partial charge in [-0.15, -0.1) is 0 Å². The van der Waals surface area contributed by atoms with Crippen molar-refractivity contribution in [2.75, 3.05) is 19.0 Å².